The van der Waals surface area contributed by atoms with Crippen LogP contribution in [0.3, 0.4) is 0 Å². The Kier molecular flexibility index (Phi) is 2.24. The lowest BCUT2D eigenvalue weighted by atomic mass is 10.2. The van der Waals surface area contributed by atoms with Gasteiger partial charge in [-0.3, -0.25) is 5.73 Å². The lowest BCUT2D eigenvalue weighted by molar-refractivity contribution is -0.232. The summed E-state index contributed by atoms with van der Waals surface area (Å²) in [5, 5.41) is 0. The molecule has 0 aromatic heterocycles. The van der Waals surface area contributed by atoms with E-state index in [4.69, 9.17) is 0 Å². The van der Waals surface area contributed by atoms with Gasteiger partial charge in [0.15, 0.2) is 6.17 Å². The van der Waals surface area contributed by atoms with E-state index in [9.17, 15) is 22.0 Å². The normalized spacial score (nSPS) is 17.1. The first-order valence-corrected chi connectivity index (χ1v) is 2.38. The van der Waals surface area contributed by atoms with Crippen molar-refractivity contribution < 1.29 is 22.0 Å². The molecule has 1 nitrogen and oxygen atoms in total. The van der Waals surface area contributed by atoms with Gasteiger partial charge in [0.2, 0.25) is 0 Å². The number of nitrogens with two attached hydrogens (primary N) is 1. The van der Waals surface area contributed by atoms with Gasteiger partial charge >= 0.3 is 12.0 Å². The zero-order valence-electron chi connectivity index (χ0n) is 5.04. The molecule has 0 saturated heterocycles. The van der Waals surface area contributed by atoms with Crippen LogP contribution in [-0.4, -0.2) is 18.1 Å². The lowest BCUT2D eigenvalue weighted by Crippen LogP contribution is -2.53. The first-order chi connectivity index (χ1) is 4.19. The number of rotatable bonds is 2. The van der Waals surface area contributed by atoms with E-state index < -0.39 is 18.1 Å². The monoisotopic (exact) mass is 163 g/mol. The summed E-state index contributed by atoms with van der Waals surface area (Å²) in [5.41, 5.74) is 3.69. The van der Waals surface area contributed by atoms with Crippen molar-refractivity contribution in [2.45, 2.75) is 25.1 Å². The van der Waals surface area contributed by atoms with Crippen molar-refractivity contribution in [3.63, 3.8) is 0 Å². The Morgan fingerprint density at radius 1 is 1.20 bits per heavy atom. The van der Waals surface area contributed by atoms with Gasteiger partial charge in [0.05, 0.1) is 0 Å². The fraction of sp³-hybridized carbons (Fsp3) is 1.00. The highest BCUT2D eigenvalue weighted by Gasteiger charge is 2.57. The molecule has 2 N–H and O–H groups in total. The first kappa shape index (κ1) is 9.61. The van der Waals surface area contributed by atoms with Gasteiger partial charge in [-0.2, -0.15) is 17.6 Å². The topological polar surface area (TPSA) is 26.0 Å². The van der Waals surface area contributed by atoms with Gasteiger partial charge in [0.1, 0.15) is 0 Å². The summed E-state index contributed by atoms with van der Waals surface area (Å²) in [7, 11) is 0. The van der Waals surface area contributed by atoms with Gasteiger partial charge in [0, 0.05) is 0 Å². The Bertz CT molecular complexity index is 115. The van der Waals surface area contributed by atoms with Crippen molar-refractivity contribution in [1.82, 2.24) is 0 Å². The van der Waals surface area contributed by atoms with Crippen LogP contribution >= 0.6 is 0 Å². The highest BCUT2D eigenvalue weighted by atomic mass is 19.3. The summed E-state index contributed by atoms with van der Waals surface area (Å²) < 4.78 is 58.3. The van der Waals surface area contributed by atoms with Crippen LogP contribution in [0, 0.1) is 0 Å². The molecule has 0 spiro atoms. The molecule has 0 aromatic carbocycles. The van der Waals surface area contributed by atoms with E-state index in [2.05, 4.69) is 5.73 Å². The maximum absolute atomic E-state index is 11.8. The van der Waals surface area contributed by atoms with Crippen LogP contribution in [-0.2, 0) is 0 Å². The third-order valence-corrected chi connectivity index (χ3v) is 0.944. The summed E-state index contributed by atoms with van der Waals surface area (Å²) >= 11 is 0. The van der Waals surface area contributed by atoms with E-state index >= 15 is 0 Å². The number of halogens is 5. The molecule has 0 aliphatic carbocycles. The van der Waals surface area contributed by atoms with E-state index in [1.807, 2.05) is 0 Å². The minimum atomic E-state index is -4.79. The number of hydrogen-bond donors (Lipinski definition) is 1. The molecule has 62 valence electrons. The highest BCUT2D eigenvalue weighted by molar-refractivity contribution is 4.84. The zero-order valence-corrected chi connectivity index (χ0v) is 5.04. The highest BCUT2D eigenvalue weighted by Crippen LogP contribution is 2.33. The fourth-order valence-electron chi connectivity index (χ4n) is 0.265. The maximum atomic E-state index is 11.8. The van der Waals surface area contributed by atoms with Gasteiger partial charge in [-0.1, -0.05) is 0 Å². The molecule has 0 bridgehead atoms. The smallest absolute Gasteiger partial charge is 0.267 e. The summed E-state index contributed by atoms with van der Waals surface area (Å²) in [6.45, 7) is 0.320. The summed E-state index contributed by atoms with van der Waals surface area (Å²) in [5.74, 6) is -4.78. The van der Waals surface area contributed by atoms with E-state index in [0.29, 0.717) is 6.92 Å². The minimum Gasteiger partial charge on any atom is -0.267 e. The Hall–Kier alpha value is -0.390. The molecule has 0 aliphatic rings. The van der Waals surface area contributed by atoms with Crippen LogP contribution in [0.2, 0.25) is 0 Å². The SMILES string of the molecule is CC(F)C(F)(F)C(N)(F)F. The Morgan fingerprint density at radius 3 is 1.50 bits per heavy atom. The molecule has 10 heavy (non-hydrogen) atoms. The van der Waals surface area contributed by atoms with Crippen LogP contribution in [0.5, 0.6) is 0 Å². The van der Waals surface area contributed by atoms with Gasteiger partial charge in [-0.15, -0.1) is 0 Å². The molecule has 6 heteroatoms. The predicted octanol–water partition coefficient (Wildman–Crippen LogP) is 1.53. The average molecular weight is 163 g/mol. The molecule has 1 unspecified atom stereocenters. The van der Waals surface area contributed by atoms with Crippen LogP contribution in [0.4, 0.5) is 22.0 Å². The molecular formula is C4H6F5N. The summed E-state index contributed by atoms with van der Waals surface area (Å²) in [6.07, 6.45) is -2.95. The third-order valence-electron chi connectivity index (χ3n) is 0.944. The minimum absolute atomic E-state index is 0.320. The van der Waals surface area contributed by atoms with E-state index in [0.717, 1.165) is 0 Å². The average Bonchev–Trinajstić information content (AvgIpc) is 1.62. The van der Waals surface area contributed by atoms with Crippen molar-refractivity contribution in [2.75, 3.05) is 0 Å². The van der Waals surface area contributed by atoms with Crippen LogP contribution in [0.15, 0.2) is 0 Å². The van der Waals surface area contributed by atoms with E-state index in [1.165, 1.54) is 0 Å². The van der Waals surface area contributed by atoms with Gasteiger partial charge in [-0.05, 0) is 6.92 Å². The van der Waals surface area contributed by atoms with E-state index in [1.54, 1.807) is 0 Å². The summed E-state index contributed by atoms with van der Waals surface area (Å²) in [4.78, 5) is 0. The van der Waals surface area contributed by atoms with Crippen molar-refractivity contribution >= 4 is 0 Å². The zero-order chi connectivity index (χ0) is 8.58. The quantitative estimate of drug-likeness (QED) is 0.484. The standard InChI is InChI=1S/C4H6F5N/c1-2(5)3(6,7)4(8,9)10/h2H,10H2,1H3. The fourth-order valence-corrected chi connectivity index (χ4v) is 0.265. The van der Waals surface area contributed by atoms with Crippen LogP contribution in [0.25, 0.3) is 0 Å². The van der Waals surface area contributed by atoms with Gasteiger partial charge < -0.3 is 0 Å². The second-order valence-electron chi connectivity index (χ2n) is 1.86. The number of hydrogen-bond acceptors (Lipinski definition) is 1. The Morgan fingerprint density at radius 2 is 1.50 bits per heavy atom. The van der Waals surface area contributed by atoms with Gasteiger partial charge in [0.25, 0.3) is 0 Å². The molecule has 0 amide bonds. The van der Waals surface area contributed by atoms with E-state index in [-0.39, 0.29) is 0 Å². The van der Waals surface area contributed by atoms with Crippen molar-refractivity contribution in [1.29, 1.82) is 0 Å². The predicted molar refractivity (Wildman–Crippen MR) is 24.7 cm³/mol. The summed E-state index contributed by atoms with van der Waals surface area (Å²) in [6, 6.07) is -4.79. The Labute approximate surface area is 54.0 Å². The molecule has 0 fully saturated rings. The molecule has 0 aliphatic heterocycles. The second kappa shape index (κ2) is 2.34. The molecule has 0 rings (SSSR count). The lowest BCUT2D eigenvalue weighted by Gasteiger charge is -2.23. The van der Waals surface area contributed by atoms with Crippen molar-refractivity contribution in [3.05, 3.63) is 0 Å². The molecule has 1 atom stereocenters. The maximum Gasteiger partial charge on any atom is 0.365 e. The molecule has 0 aromatic rings. The molecule has 0 radical (unpaired) electrons. The van der Waals surface area contributed by atoms with Crippen molar-refractivity contribution in [3.8, 4) is 0 Å². The molecule has 0 heterocycles. The van der Waals surface area contributed by atoms with Gasteiger partial charge in [-0.25, -0.2) is 4.39 Å². The molecule has 0 saturated carbocycles. The first-order valence-electron chi connectivity index (χ1n) is 2.38. The number of alkyl halides is 5. The van der Waals surface area contributed by atoms with Crippen molar-refractivity contribution in [2.24, 2.45) is 5.73 Å². The van der Waals surface area contributed by atoms with Crippen LogP contribution in [0.1, 0.15) is 6.92 Å². The van der Waals surface area contributed by atoms with Crippen LogP contribution < -0.4 is 5.73 Å². The largest absolute Gasteiger partial charge is 0.365 e. The third kappa shape index (κ3) is 1.56. The molecular weight excluding hydrogens is 157 g/mol. The second-order valence-corrected chi connectivity index (χ2v) is 1.86. The Balaban J connectivity index is 4.40.